The Labute approximate surface area is 376 Å². The lowest BCUT2D eigenvalue weighted by atomic mass is 9.97. The fourth-order valence-corrected chi connectivity index (χ4v) is 11.8. The summed E-state index contributed by atoms with van der Waals surface area (Å²) in [5.41, 5.74) is 15.0. The number of nitrogens with zero attached hydrogens (tertiary/aromatic N) is 3. The second-order valence-electron chi connectivity index (χ2n) is 18.1. The second kappa shape index (κ2) is 12.4. The molecule has 0 saturated heterocycles. The Bertz CT molecular complexity index is 4420. The van der Waals surface area contributed by atoms with Crippen molar-refractivity contribution in [3.05, 3.63) is 212 Å². The molecule has 0 aliphatic carbocycles. The Morgan fingerprint density at radius 1 is 0.258 bits per heavy atom. The fraction of sp³-hybridized carbons (Fsp3) is 0. The van der Waals surface area contributed by atoms with Crippen molar-refractivity contribution < 1.29 is 4.42 Å². The van der Waals surface area contributed by atoms with Gasteiger partial charge in [0.25, 0.3) is 0 Å². The summed E-state index contributed by atoms with van der Waals surface area (Å²) in [6.45, 7) is 0. The maximum atomic E-state index is 6.28. The van der Waals surface area contributed by atoms with Crippen molar-refractivity contribution in [1.82, 2.24) is 13.5 Å². The summed E-state index contributed by atoms with van der Waals surface area (Å²) < 4.78 is 13.7. The Hall–Kier alpha value is -8.86. The van der Waals surface area contributed by atoms with Crippen LogP contribution in [0.15, 0.2) is 217 Å². The summed E-state index contributed by atoms with van der Waals surface area (Å²) in [4.78, 5) is 0. The van der Waals surface area contributed by atoms with Crippen LogP contribution < -0.4 is 0 Å². The van der Waals surface area contributed by atoms with E-state index in [0.29, 0.717) is 0 Å². The largest absolute Gasteiger partial charge is 0.456 e. The van der Waals surface area contributed by atoms with Crippen LogP contribution in [0.25, 0.3) is 148 Å². The van der Waals surface area contributed by atoms with Crippen molar-refractivity contribution in [2.45, 2.75) is 0 Å². The van der Waals surface area contributed by atoms with Gasteiger partial charge in [0, 0.05) is 65.2 Å². The SMILES string of the molecule is c1ccc2c(c1)oc1ccc(-c3cc4c5cc6ccc(-n7c8ccccc8c8ccccc87)cc6cc5n5c6cc7cc(-n8c9ccccc9c9ccccc98)ccc7cc6c(c3)c45)cc12. The van der Waals surface area contributed by atoms with Crippen LogP contribution >= 0.6 is 0 Å². The standard InChI is InChI=1S/C62H35N3O/c1-6-16-54-44(11-1)45-12-2-7-17-55(45)63(54)42-24-21-36-29-49-52-32-41(38-23-26-61-51(31-38)48-15-5-10-20-60(48)66-61)33-53-50-30-37-22-25-43(64-56-18-8-3-13-46(56)47-14-4-9-19-57(47)64)28-40(37)35-59(50)65(62(52)53)58(49)34-39(36)27-42/h1-35H. The molecule has 0 amide bonds. The smallest absolute Gasteiger partial charge is 0.135 e. The summed E-state index contributed by atoms with van der Waals surface area (Å²) >= 11 is 0. The Morgan fingerprint density at radius 2 is 0.697 bits per heavy atom. The minimum absolute atomic E-state index is 0.908. The first kappa shape index (κ1) is 34.6. The average Bonchev–Trinajstić information content (AvgIpc) is 4.16. The van der Waals surface area contributed by atoms with E-state index >= 15 is 0 Å². The van der Waals surface area contributed by atoms with E-state index in [9.17, 15) is 0 Å². The van der Waals surface area contributed by atoms with Crippen molar-refractivity contribution in [3.63, 3.8) is 0 Å². The molecule has 4 heteroatoms. The summed E-state index contributed by atoms with van der Waals surface area (Å²) in [6, 6.07) is 78.6. The van der Waals surface area contributed by atoms with Gasteiger partial charge in [-0.3, -0.25) is 0 Å². The zero-order valence-electron chi connectivity index (χ0n) is 35.5. The highest BCUT2D eigenvalue weighted by Gasteiger charge is 2.22. The van der Waals surface area contributed by atoms with E-state index in [4.69, 9.17) is 4.42 Å². The number of hydrogen-bond acceptors (Lipinski definition) is 1. The van der Waals surface area contributed by atoms with Gasteiger partial charge in [0.05, 0.1) is 38.6 Å². The predicted octanol–water partition coefficient (Wildman–Crippen LogP) is 16.9. The summed E-state index contributed by atoms with van der Waals surface area (Å²) in [5.74, 6) is 0. The van der Waals surface area contributed by atoms with Crippen LogP contribution in [-0.4, -0.2) is 13.5 Å². The minimum atomic E-state index is 0.908. The van der Waals surface area contributed by atoms with Crippen LogP contribution in [0.1, 0.15) is 0 Å². The van der Waals surface area contributed by atoms with Gasteiger partial charge < -0.3 is 18.0 Å². The molecule has 0 bridgehead atoms. The molecule has 0 atom stereocenters. The highest BCUT2D eigenvalue weighted by Crippen LogP contribution is 2.45. The topological polar surface area (TPSA) is 27.4 Å². The van der Waals surface area contributed by atoms with Gasteiger partial charge in [0.15, 0.2) is 0 Å². The van der Waals surface area contributed by atoms with E-state index in [1.165, 1.54) is 114 Å². The van der Waals surface area contributed by atoms with Crippen molar-refractivity contribution in [3.8, 4) is 22.5 Å². The molecule has 5 aromatic heterocycles. The molecule has 5 heterocycles. The number of fused-ring (bicyclic) bond motifs is 17. The highest BCUT2D eigenvalue weighted by atomic mass is 16.3. The molecule has 4 nitrogen and oxygen atoms in total. The molecule has 0 aliphatic heterocycles. The van der Waals surface area contributed by atoms with E-state index < -0.39 is 0 Å². The van der Waals surface area contributed by atoms with Gasteiger partial charge in [-0.05, 0) is 136 Å². The first-order chi connectivity index (χ1) is 32.7. The molecule has 0 N–H and O–H groups in total. The molecule has 0 saturated carbocycles. The molecular weight excluding hydrogens is 803 g/mol. The number of hydrogen-bond donors (Lipinski definition) is 0. The Morgan fingerprint density at radius 3 is 1.21 bits per heavy atom. The van der Waals surface area contributed by atoms with Crippen molar-refractivity contribution in [2.75, 3.05) is 0 Å². The van der Waals surface area contributed by atoms with Gasteiger partial charge in [-0.2, -0.15) is 0 Å². The quantitative estimate of drug-likeness (QED) is 0.174. The van der Waals surface area contributed by atoms with Crippen molar-refractivity contribution >= 4 is 125 Å². The molecule has 16 rings (SSSR count). The van der Waals surface area contributed by atoms with E-state index in [1.807, 2.05) is 6.07 Å². The number of furan rings is 1. The van der Waals surface area contributed by atoms with Gasteiger partial charge in [0.1, 0.15) is 11.2 Å². The van der Waals surface area contributed by atoms with Crippen LogP contribution in [0.5, 0.6) is 0 Å². The molecular formula is C62H35N3O. The van der Waals surface area contributed by atoms with Gasteiger partial charge >= 0.3 is 0 Å². The van der Waals surface area contributed by atoms with Crippen LogP contribution in [0.2, 0.25) is 0 Å². The third-order valence-corrected chi connectivity index (χ3v) is 14.7. The zero-order valence-corrected chi connectivity index (χ0v) is 35.5. The van der Waals surface area contributed by atoms with E-state index in [-0.39, 0.29) is 0 Å². The summed E-state index contributed by atoms with van der Waals surface area (Å²) in [7, 11) is 0. The summed E-state index contributed by atoms with van der Waals surface area (Å²) in [6.07, 6.45) is 0. The lowest BCUT2D eigenvalue weighted by molar-refractivity contribution is 0.669. The summed E-state index contributed by atoms with van der Waals surface area (Å²) in [5, 5.41) is 17.2. The molecule has 0 fully saturated rings. The lowest BCUT2D eigenvalue weighted by Crippen LogP contribution is -1.94. The molecule has 0 radical (unpaired) electrons. The lowest BCUT2D eigenvalue weighted by Gasteiger charge is -2.11. The van der Waals surface area contributed by atoms with Crippen LogP contribution in [-0.2, 0) is 0 Å². The van der Waals surface area contributed by atoms with Gasteiger partial charge in [0.2, 0.25) is 0 Å². The minimum Gasteiger partial charge on any atom is -0.456 e. The van der Waals surface area contributed by atoms with Crippen molar-refractivity contribution in [2.24, 2.45) is 0 Å². The maximum Gasteiger partial charge on any atom is 0.135 e. The predicted molar refractivity (Wildman–Crippen MR) is 278 cm³/mol. The number of para-hydroxylation sites is 5. The average molecular weight is 838 g/mol. The maximum absolute atomic E-state index is 6.28. The van der Waals surface area contributed by atoms with Crippen LogP contribution in [0.4, 0.5) is 0 Å². The Kier molecular flexibility index (Phi) is 6.52. The zero-order chi connectivity index (χ0) is 42.8. The van der Waals surface area contributed by atoms with E-state index in [2.05, 4.69) is 220 Å². The Balaban J connectivity index is 0.982. The third kappa shape index (κ3) is 4.52. The molecule has 0 unspecified atom stereocenters. The normalized spacial score (nSPS) is 12.5. The third-order valence-electron chi connectivity index (χ3n) is 14.7. The molecule has 0 aliphatic rings. The fourth-order valence-electron chi connectivity index (χ4n) is 11.8. The molecule has 304 valence electrons. The molecule has 0 spiro atoms. The molecule has 16 aromatic rings. The van der Waals surface area contributed by atoms with Gasteiger partial charge in [-0.1, -0.05) is 109 Å². The van der Waals surface area contributed by atoms with Crippen molar-refractivity contribution in [1.29, 1.82) is 0 Å². The first-order valence-corrected chi connectivity index (χ1v) is 22.7. The monoisotopic (exact) mass is 837 g/mol. The van der Waals surface area contributed by atoms with Crippen LogP contribution in [0, 0.1) is 0 Å². The highest BCUT2D eigenvalue weighted by molar-refractivity contribution is 6.27. The number of aromatic nitrogens is 3. The molecule has 66 heavy (non-hydrogen) atoms. The van der Waals surface area contributed by atoms with Gasteiger partial charge in [-0.15, -0.1) is 0 Å². The van der Waals surface area contributed by atoms with Gasteiger partial charge in [-0.25, -0.2) is 0 Å². The van der Waals surface area contributed by atoms with Crippen LogP contribution in [0.3, 0.4) is 0 Å². The number of benzene rings is 11. The molecule has 11 aromatic carbocycles. The van der Waals surface area contributed by atoms with E-state index in [1.54, 1.807) is 0 Å². The van der Waals surface area contributed by atoms with E-state index in [0.717, 1.165) is 33.3 Å². The second-order valence-corrected chi connectivity index (χ2v) is 18.1. The first-order valence-electron chi connectivity index (χ1n) is 22.7. The number of rotatable bonds is 3.